The van der Waals surface area contributed by atoms with Crippen LogP contribution in [0.5, 0.6) is 0 Å². The van der Waals surface area contributed by atoms with Gasteiger partial charge in [0.25, 0.3) is 5.91 Å². The van der Waals surface area contributed by atoms with Crippen LogP contribution in [0.3, 0.4) is 0 Å². The molecule has 1 amide bonds. The van der Waals surface area contributed by atoms with Gasteiger partial charge in [-0.05, 0) is 50.1 Å². The lowest BCUT2D eigenvalue weighted by molar-refractivity contribution is 0.103. The highest BCUT2D eigenvalue weighted by Crippen LogP contribution is 2.33. The summed E-state index contributed by atoms with van der Waals surface area (Å²) in [5, 5.41) is 2.18. The molecule has 0 saturated carbocycles. The number of halogens is 5. The molecule has 0 radical (unpaired) electrons. The minimum atomic E-state index is -1.62. The highest BCUT2D eigenvalue weighted by molar-refractivity contribution is 9.13. The minimum absolute atomic E-state index is 0.294. The highest BCUT2D eigenvalue weighted by atomic mass is 79.9. The van der Waals surface area contributed by atoms with Gasteiger partial charge in [-0.15, -0.1) is 11.3 Å². The summed E-state index contributed by atoms with van der Waals surface area (Å²) in [4.78, 5) is 12.1. The second kappa shape index (κ2) is 5.64. The number of thiophene rings is 1. The van der Waals surface area contributed by atoms with Crippen molar-refractivity contribution in [2.24, 2.45) is 0 Å². The molecule has 0 atom stereocenters. The molecular formula is C11H4Br2F3NOS. The van der Waals surface area contributed by atoms with Crippen molar-refractivity contribution in [2.45, 2.75) is 0 Å². The summed E-state index contributed by atoms with van der Waals surface area (Å²) in [7, 11) is 0. The van der Waals surface area contributed by atoms with Crippen molar-refractivity contribution in [3.05, 3.63) is 48.8 Å². The maximum Gasteiger partial charge on any atom is 0.265 e. The maximum atomic E-state index is 13.4. The van der Waals surface area contributed by atoms with E-state index < -0.39 is 29.0 Å². The van der Waals surface area contributed by atoms with Crippen LogP contribution in [0.4, 0.5) is 18.9 Å². The lowest BCUT2D eigenvalue weighted by Crippen LogP contribution is -2.12. The van der Waals surface area contributed by atoms with Crippen LogP contribution < -0.4 is 5.32 Å². The van der Waals surface area contributed by atoms with Crippen molar-refractivity contribution in [3.63, 3.8) is 0 Å². The van der Waals surface area contributed by atoms with Crippen molar-refractivity contribution >= 4 is 54.8 Å². The highest BCUT2D eigenvalue weighted by Gasteiger charge is 2.17. The Hall–Kier alpha value is -0.860. The first-order valence-corrected chi connectivity index (χ1v) is 7.20. The summed E-state index contributed by atoms with van der Waals surface area (Å²) >= 11 is 7.54. The SMILES string of the molecule is O=C(Nc1ccc(F)c(F)c1F)c1cc(Br)c(Br)s1. The number of benzene rings is 1. The molecule has 0 saturated heterocycles. The Balaban J connectivity index is 2.27. The fourth-order valence-electron chi connectivity index (χ4n) is 1.26. The maximum absolute atomic E-state index is 13.4. The van der Waals surface area contributed by atoms with E-state index in [1.54, 1.807) is 0 Å². The molecule has 19 heavy (non-hydrogen) atoms. The Morgan fingerprint density at radius 3 is 2.42 bits per heavy atom. The molecule has 1 aromatic heterocycles. The largest absolute Gasteiger partial charge is 0.319 e. The molecule has 1 heterocycles. The van der Waals surface area contributed by atoms with E-state index in [1.165, 1.54) is 6.07 Å². The van der Waals surface area contributed by atoms with E-state index in [0.29, 0.717) is 13.1 Å². The molecule has 8 heteroatoms. The van der Waals surface area contributed by atoms with Gasteiger partial charge in [-0.1, -0.05) is 0 Å². The Labute approximate surface area is 126 Å². The predicted octanol–water partition coefficient (Wildman–Crippen LogP) is 4.94. The first kappa shape index (κ1) is 14.5. The van der Waals surface area contributed by atoms with E-state index in [0.717, 1.165) is 23.5 Å². The van der Waals surface area contributed by atoms with E-state index >= 15 is 0 Å². The van der Waals surface area contributed by atoms with Crippen LogP contribution >= 0.6 is 43.2 Å². The summed E-state index contributed by atoms with van der Waals surface area (Å²) in [6, 6.07) is 3.24. The topological polar surface area (TPSA) is 29.1 Å². The molecule has 0 aliphatic heterocycles. The molecule has 1 aromatic carbocycles. The normalized spacial score (nSPS) is 10.6. The number of carbonyl (C=O) groups excluding carboxylic acids is 1. The van der Waals surface area contributed by atoms with E-state index in [4.69, 9.17) is 0 Å². The summed E-state index contributed by atoms with van der Waals surface area (Å²) in [5.74, 6) is -4.97. The van der Waals surface area contributed by atoms with Gasteiger partial charge in [-0.2, -0.15) is 0 Å². The summed E-state index contributed by atoms with van der Waals surface area (Å²) in [6.07, 6.45) is 0. The first-order chi connectivity index (χ1) is 8.90. The fraction of sp³-hybridized carbons (Fsp3) is 0. The van der Waals surface area contributed by atoms with Crippen molar-refractivity contribution in [1.82, 2.24) is 0 Å². The molecule has 0 spiro atoms. The monoisotopic (exact) mass is 413 g/mol. The zero-order chi connectivity index (χ0) is 14.2. The number of anilines is 1. The van der Waals surface area contributed by atoms with E-state index in [2.05, 4.69) is 37.2 Å². The minimum Gasteiger partial charge on any atom is -0.319 e. The molecule has 0 fully saturated rings. The molecular weight excluding hydrogens is 411 g/mol. The van der Waals surface area contributed by atoms with Gasteiger partial charge in [0.1, 0.15) is 0 Å². The molecule has 0 aliphatic rings. The molecule has 2 rings (SSSR count). The summed E-state index contributed by atoms with van der Waals surface area (Å²) in [6.45, 7) is 0. The van der Waals surface area contributed by atoms with Crippen LogP contribution in [-0.4, -0.2) is 5.91 Å². The Morgan fingerprint density at radius 2 is 1.84 bits per heavy atom. The third-order valence-corrected chi connectivity index (χ3v) is 5.41. The van der Waals surface area contributed by atoms with Gasteiger partial charge in [-0.3, -0.25) is 4.79 Å². The molecule has 2 nitrogen and oxygen atoms in total. The summed E-state index contributed by atoms with van der Waals surface area (Å²) < 4.78 is 40.5. The third kappa shape index (κ3) is 3.01. The number of amides is 1. The number of carbonyl (C=O) groups is 1. The van der Waals surface area contributed by atoms with Gasteiger partial charge < -0.3 is 5.32 Å². The van der Waals surface area contributed by atoms with Crippen molar-refractivity contribution < 1.29 is 18.0 Å². The van der Waals surface area contributed by atoms with Crippen LogP contribution in [0.1, 0.15) is 9.67 Å². The summed E-state index contributed by atoms with van der Waals surface area (Å²) in [5.41, 5.74) is -0.412. The molecule has 0 aliphatic carbocycles. The Bertz CT molecular complexity index is 640. The van der Waals surface area contributed by atoms with Gasteiger partial charge in [0.15, 0.2) is 17.5 Å². The van der Waals surface area contributed by atoms with Crippen LogP contribution in [-0.2, 0) is 0 Å². The van der Waals surface area contributed by atoms with Crippen LogP contribution in [0.25, 0.3) is 0 Å². The van der Waals surface area contributed by atoms with Gasteiger partial charge >= 0.3 is 0 Å². The second-order valence-corrected chi connectivity index (χ2v) is 6.63. The van der Waals surface area contributed by atoms with Crippen LogP contribution in [0, 0.1) is 17.5 Å². The standard InChI is InChI=1S/C11H4Br2F3NOS/c12-4-3-7(19-10(4)13)11(18)17-6-2-1-5(14)8(15)9(6)16/h1-3H,(H,17,18). The smallest absolute Gasteiger partial charge is 0.265 e. The van der Waals surface area contributed by atoms with Crippen LogP contribution in [0.2, 0.25) is 0 Å². The van der Waals surface area contributed by atoms with Gasteiger partial charge in [0, 0.05) is 4.47 Å². The quantitative estimate of drug-likeness (QED) is 0.692. The molecule has 2 aromatic rings. The Morgan fingerprint density at radius 1 is 1.16 bits per heavy atom. The zero-order valence-electron chi connectivity index (χ0n) is 8.94. The van der Waals surface area contributed by atoms with Crippen LogP contribution in [0.15, 0.2) is 26.5 Å². The predicted molar refractivity (Wildman–Crippen MR) is 74.0 cm³/mol. The Kier molecular flexibility index (Phi) is 4.32. The van der Waals surface area contributed by atoms with Gasteiger partial charge in [0.2, 0.25) is 0 Å². The second-order valence-electron chi connectivity index (χ2n) is 3.41. The zero-order valence-corrected chi connectivity index (χ0v) is 12.9. The lowest BCUT2D eigenvalue weighted by atomic mass is 10.2. The van der Waals surface area contributed by atoms with Crippen molar-refractivity contribution in [3.8, 4) is 0 Å². The average molecular weight is 415 g/mol. The fourth-order valence-corrected chi connectivity index (χ4v) is 3.20. The molecule has 0 unspecified atom stereocenters. The lowest BCUT2D eigenvalue weighted by Gasteiger charge is -2.05. The number of rotatable bonds is 2. The molecule has 0 bridgehead atoms. The number of hydrogen-bond acceptors (Lipinski definition) is 2. The first-order valence-electron chi connectivity index (χ1n) is 4.80. The van der Waals surface area contributed by atoms with Gasteiger partial charge in [-0.25, -0.2) is 13.2 Å². The average Bonchev–Trinajstić information content (AvgIpc) is 2.70. The third-order valence-electron chi connectivity index (χ3n) is 2.15. The van der Waals surface area contributed by atoms with E-state index in [1.807, 2.05) is 0 Å². The van der Waals surface area contributed by atoms with Gasteiger partial charge in [0.05, 0.1) is 14.4 Å². The molecule has 1 N–H and O–H groups in total. The number of nitrogens with one attached hydrogen (secondary N) is 1. The van der Waals surface area contributed by atoms with Crippen molar-refractivity contribution in [1.29, 1.82) is 0 Å². The van der Waals surface area contributed by atoms with Crippen molar-refractivity contribution in [2.75, 3.05) is 5.32 Å². The van der Waals surface area contributed by atoms with E-state index in [9.17, 15) is 18.0 Å². The number of hydrogen-bond donors (Lipinski definition) is 1. The van der Waals surface area contributed by atoms with E-state index in [-0.39, 0.29) is 0 Å². The molecule has 100 valence electrons.